The predicted octanol–water partition coefficient (Wildman–Crippen LogP) is 2.56. The minimum atomic E-state index is -0.409. The van der Waals surface area contributed by atoms with Gasteiger partial charge in [-0.05, 0) is 24.5 Å². The zero-order valence-electron chi connectivity index (χ0n) is 12.2. The van der Waals surface area contributed by atoms with Gasteiger partial charge in [0.05, 0.1) is 6.42 Å². The van der Waals surface area contributed by atoms with Crippen LogP contribution in [0.5, 0.6) is 0 Å². The predicted molar refractivity (Wildman–Crippen MR) is 83.0 cm³/mol. The fraction of sp³-hybridized carbons (Fsp3) is 0.500. The molecule has 4 N–H and O–H groups in total. The van der Waals surface area contributed by atoms with Gasteiger partial charge < -0.3 is 16.4 Å². The first-order valence-corrected chi connectivity index (χ1v) is 7.59. The van der Waals surface area contributed by atoms with Crippen LogP contribution < -0.4 is 16.4 Å². The topological polar surface area (TPSA) is 84.2 Å². The number of benzene rings is 1. The first-order valence-electron chi connectivity index (χ1n) is 7.59. The van der Waals surface area contributed by atoms with Crippen LogP contribution in [0, 0.1) is 0 Å². The zero-order chi connectivity index (χ0) is 15.1. The molecular formula is C16H23N3O2. The maximum atomic E-state index is 12.1. The summed E-state index contributed by atoms with van der Waals surface area (Å²) in [6.07, 6.45) is 7.04. The molecule has 0 bridgehead atoms. The fourth-order valence-electron chi connectivity index (χ4n) is 2.75. The number of carbonyl (C=O) groups is 2. The van der Waals surface area contributed by atoms with Crippen molar-refractivity contribution in [2.45, 2.75) is 51.0 Å². The molecule has 0 radical (unpaired) electrons. The van der Waals surface area contributed by atoms with Crippen LogP contribution >= 0.6 is 0 Å². The standard InChI is InChI=1S/C16H23N3O2/c17-15(20)11-12-7-5-6-10-14(12)19-16(21)18-13-8-3-1-2-4-9-13/h5-7,10,13H,1-4,8-9,11H2,(H2,17,20)(H2,18,19,21). The molecule has 0 aromatic heterocycles. The maximum absolute atomic E-state index is 12.1. The van der Waals surface area contributed by atoms with Crippen LogP contribution in [0.25, 0.3) is 0 Å². The molecule has 1 aromatic carbocycles. The van der Waals surface area contributed by atoms with E-state index in [0.29, 0.717) is 5.69 Å². The van der Waals surface area contributed by atoms with Gasteiger partial charge in [0.1, 0.15) is 0 Å². The van der Waals surface area contributed by atoms with E-state index in [1.807, 2.05) is 12.1 Å². The summed E-state index contributed by atoms with van der Waals surface area (Å²) in [5.41, 5.74) is 6.60. The van der Waals surface area contributed by atoms with E-state index in [0.717, 1.165) is 18.4 Å². The van der Waals surface area contributed by atoms with Crippen molar-refractivity contribution < 1.29 is 9.59 Å². The fourth-order valence-corrected chi connectivity index (χ4v) is 2.75. The number of hydrogen-bond acceptors (Lipinski definition) is 2. The number of urea groups is 1. The van der Waals surface area contributed by atoms with Crippen molar-refractivity contribution in [2.75, 3.05) is 5.32 Å². The van der Waals surface area contributed by atoms with Gasteiger partial charge in [0.25, 0.3) is 0 Å². The quantitative estimate of drug-likeness (QED) is 0.744. The summed E-state index contributed by atoms with van der Waals surface area (Å²) in [7, 11) is 0. The van der Waals surface area contributed by atoms with E-state index in [4.69, 9.17) is 5.73 Å². The average molecular weight is 289 g/mol. The molecule has 2 rings (SSSR count). The molecule has 114 valence electrons. The van der Waals surface area contributed by atoms with E-state index in [1.165, 1.54) is 25.7 Å². The third-order valence-corrected chi connectivity index (χ3v) is 3.82. The van der Waals surface area contributed by atoms with Crippen LogP contribution in [0.15, 0.2) is 24.3 Å². The Morgan fingerprint density at radius 3 is 2.43 bits per heavy atom. The summed E-state index contributed by atoms with van der Waals surface area (Å²) < 4.78 is 0. The van der Waals surface area contributed by atoms with Gasteiger partial charge in [-0.25, -0.2) is 4.79 Å². The molecule has 0 heterocycles. The molecule has 1 saturated carbocycles. The van der Waals surface area contributed by atoms with E-state index < -0.39 is 5.91 Å². The lowest BCUT2D eigenvalue weighted by Gasteiger charge is -2.17. The van der Waals surface area contributed by atoms with Gasteiger partial charge in [-0.3, -0.25) is 4.79 Å². The van der Waals surface area contributed by atoms with Crippen molar-refractivity contribution in [1.82, 2.24) is 5.32 Å². The van der Waals surface area contributed by atoms with E-state index in [2.05, 4.69) is 10.6 Å². The van der Waals surface area contributed by atoms with Gasteiger partial charge in [0.2, 0.25) is 5.91 Å². The van der Waals surface area contributed by atoms with Crippen molar-refractivity contribution >= 4 is 17.6 Å². The van der Waals surface area contributed by atoms with Gasteiger partial charge in [0.15, 0.2) is 0 Å². The lowest BCUT2D eigenvalue weighted by Crippen LogP contribution is -2.37. The summed E-state index contributed by atoms with van der Waals surface area (Å²) >= 11 is 0. The molecule has 0 aliphatic heterocycles. The van der Waals surface area contributed by atoms with Crippen LogP contribution in [0.4, 0.5) is 10.5 Å². The number of nitrogens with one attached hydrogen (secondary N) is 2. The lowest BCUT2D eigenvalue weighted by atomic mass is 10.1. The molecule has 1 fully saturated rings. The average Bonchev–Trinajstić information content (AvgIpc) is 2.69. The largest absolute Gasteiger partial charge is 0.369 e. The number of nitrogens with two attached hydrogens (primary N) is 1. The Kier molecular flexibility index (Phi) is 5.60. The Morgan fingerprint density at radius 2 is 1.76 bits per heavy atom. The molecule has 5 nitrogen and oxygen atoms in total. The SMILES string of the molecule is NC(=O)Cc1ccccc1NC(=O)NC1CCCCCC1. The van der Waals surface area contributed by atoms with Crippen molar-refractivity contribution in [3.05, 3.63) is 29.8 Å². The third kappa shape index (κ3) is 5.10. The summed E-state index contributed by atoms with van der Waals surface area (Å²) in [5.74, 6) is -0.409. The Morgan fingerprint density at radius 1 is 1.10 bits per heavy atom. The van der Waals surface area contributed by atoms with E-state index in [1.54, 1.807) is 12.1 Å². The van der Waals surface area contributed by atoms with Gasteiger partial charge >= 0.3 is 6.03 Å². The molecule has 0 spiro atoms. The first kappa shape index (κ1) is 15.4. The second-order valence-electron chi connectivity index (χ2n) is 5.59. The van der Waals surface area contributed by atoms with Gasteiger partial charge in [0, 0.05) is 11.7 Å². The third-order valence-electron chi connectivity index (χ3n) is 3.82. The summed E-state index contributed by atoms with van der Waals surface area (Å²) in [6.45, 7) is 0. The van der Waals surface area contributed by atoms with Crippen molar-refractivity contribution in [3.8, 4) is 0 Å². The summed E-state index contributed by atoms with van der Waals surface area (Å²) in [5, 5.41) is 5.85. The second kappa shape index (κ2) is 7.67. The van der Waals surface area contributed by atoms with Crippen LogP contribution in [0.1, 0.15) is 44.1 Å². The molecule has 1 aromatic rings. The van der Waals surface area contributed by atoms with Gasteiger partial charge in [-0.1, -0.05) is 43.9 Å². The highest BCUT2D eigenvalue weighted by atomic mass is 16.2. The van der Waals surface area contributed by atoms with Crippen LogP contribution in [-0.2, 0) is 11.2 Å². The molecule has 0 saturated heterocycles. The minimum Gasteiger partial charge on any atom is -0.369 e. The molecule has 1 aliphatic carbocycles. The molecule has 0 atom stereocenters. The van der Waals surface area contributed by atoms with Crippen LogP contribution in [0.2, 0.25) is 0 Å². The maximum Gasteiger partial charge on any atom is 0.319 e. The number of rotatable bonds is 4. The van der Waals surface area contributed by atoms with E-state index in [-0.39, 0.29) is 18.5 Å². The summed E-state index contributed by atoms with van der Waals surface area (Å²) in [4.78, 5) is 23.1. The monoisotopic (exact) mass is 289 g/mol. The smallest absolute Gasteiger partial charge is 0.319 e. The van der Waals surface area contributed by atoms with Crippen molar-refractivity contribution in [3.63, 3.8) is 0 Å². The zero-order valence-corrected chi connectivity index (χ0v) is 12.2. The molecule has 3 amide bonds. The Balaban J connectivity index is 1.94. The highest BCUT2D eigenvalue weighted by Gasteiger charge is 2.15. The summed E-state index contributed by atoms with van der Waals surface area (Å²) in [6, 6.07) is 7.27. The minimum absolute atomic E-state index is 0.125. The van der Waals surface area contributed by atoms with Gasteiger partial charge in [-0.15, -0.1) is 0 Å². The molecule has 5 heteroatoms. The number of anilines is 1. The molecule has 0 unspecified atom stereocenters. The van der Waals surface area contributed by atoms with Gasteiger partial charge in [-0.2, -0.15) is 0 Å². The molecular weight excluding hydrogens is 266 g/mol. The number of hydrogen-bond donors (Lipinski definition) is 3. The number of amides is 3. The van der Waals surface area contributed by atoms with Crippen molar-refractivity contribution in [1.29, 1.82) is 0 Å². The van der Waals surface area contributed by atoms with E-state index in [9.17, 15) is 9.59 Å². The number of primary amides is 1. The normalized spacial score (nSPS) is 16.0. The Hall–Kier alpha value is -2.04. The van der Waals surface area contributed by atoms with Crippen LogP contribution in [0.3, 0.4) is 0 Å². The molecule has 1 aliphatic rings. The van der Waals surface area contributed by atoms with E-state index >= 15 is 0 Å². The number of para-hydroxylation sites is 1. The lowest BCUT2D eigenvalue weighted by molar-refractivity contribution is -0.117. The van der Waals surface area contributed by atoms with Crippen molar-refractivity contribution in [2.24, 2.45) is 5.73 Å². The Labute approximate surface area is 125 Å². The highest BCUT2D eigenvalue weighted by molar-refractivity contribution is 5.91. The second-order valence-corrected chi connectivity index (χ2v) is 5.59. The first-order chi connectivity index (χ1) is 10.1. The number of carbonyl (C=O) groups excluding carboxylic acids is 2. The highest BCUT2D eigenvalue weighted by Crippen LogP contribution is 2.18. The molecule has 21 heavy (non-hydrogen) atoms. The van der Waals surface area contributed by atoms with Crippen LogP contribution in [-0.4, -0.2) is 18.0 Å². The Bertz CT molecular complexity index is 494.